The molecule has 9 heteroatoms. The molecule has 1 aromatic carbocycles. The quantitative estimate of drug-likeness (QED) is 0.233. The molecule has 168 valence electrons. The summed E-state index contributed by atoms with van der Waals surface area (Å²) < 4.78 is 18.5. The van der Waals surface area contributed by atoms with Gasteiger partial charge in [0, 0.05) is 17.4 Å². The molecular weight excluding hydrogens is 483 g/mol. The molecule has 0 radical (unpaired) electrons. The zero-order valence-electron chi connectivity index (χ0n) is 18.8. The highest BCUT2D eigenvalue weighted by Crippen LogP contribution is 2.37. The lowest BCUT2D eigenvalue weighted by Crippen LogP contribution is -2.16. The van der Waals surface area contributed by atoms with Gasteiger partial charge in [-0.3, -0.25) is 9.00 Å². The number of carbonyl (C=O) groups is 1. The van der Waals surface area contributed by atoms with Crippen LogP contribution in [0.1, 0.15) is 41.2 Å². The van der Waals surface area contributed by atoms with Crippen LogP contribution >= 0.6 is 23.2 Å². The minimum Gasteiger partial charge on any atom is -0.361 e. The van der Waals surface area contributed by atoms with Gasteiger partial charge >= 0.3 is 0 Å². The van der Waals surface area contributed by atoms with Gasteiger partial charge in [0.1, 0.15) is 18.9 Å². The van der Waals surface area contributed by atoms with Gasteiger partial charge in [0.05, 0.1) is 48.9 Å². The summed E-state index contributed by atoms with van der Waals surface area (Å²) in [5.41, 5.74) is 5.02. The molecule has 0 spiro atoms. The van der Waals surface area contributed by atoms with Crippen LogP contribution in [0.5, 0.6) is 0 Å². The highest BCUT2D eigenvalue weighted by atomic mass is 35.5. The number of carbonyl (C=O) groups excluding carboxylic acids is 1. The summed E-state index contributed by atoms with van der Waals surface area (Å²) in [4.78, 5) is 17.8. The fourth-order valence-electron chi connectivity index (χ4n) is 2.98. The lowest BCUT2D eigenvalue weighted by atomic mass is 10.00. The first kappa shape index (κ1) is 24.7. The fourth-order valence-corrected chi connectivity index (χ4v) is 5.38. The molecule has 2 aromatic heterocycles. The second kappa shape index (κ2) is 9.48. The number of halogens is 2. The fraction of sp³-hybridized carbons (Fsp3) is 0.348. The van der Waals surface area contributed by atoms with Crippen molar-refractivity contribution in [3.05, 3.63) is 50.8 Å². The molecule has 0 aliphatic heterocycles. The average Bonchev–Trinajstić information content (AvgIpc) is 3.10. The Hall–Kier alpha value is -1.98. The van der Waals surface area contributed by atoms with Crippen LogP contribution in [0.25, 0.3) is 10.9 Å². The third kappa shape index (κ3) is 5.32. The molecule has 5 nitrogen and oxygen atoms in total. The van der Waals surface area contributed by atoms with Gasteiger partial charge in [0.15, 0.2) is 5.78 Å². The van der Waals surface area contributed by atoms with Crippen LogP contribution in [0.4, 0.5) is 0 Å². The molecular formula is C23H24Cl2N2O3SSi. The van der Waals surface area contributed by atoms with E-state index in [1.54, 1.807) is 39.0 Å². The summed E-state index contributed by atoms with van der Waals surface area (Å²) in [6, 6.07) is 5.18. The van der Waals surface area contributed by atoms with E-state index in [0.717, 1.165) is 0 Å². The highest BCUT2D eigenvalue weighted by molar-refractivity contribution is 7.84. The van der Waals surface area contributed by atoms with E-state index in [-0.39, 0.29) is 33.1 Å². The number of rotatable bonds is 5. The summed E-state index contributed by atoms with van der Waals surface area (Å²) in [5.74, 6) is 3.22. The van der Waals surface area contributed by atoms with E-state index in [1.807, 2.05) is 0 Å². The molecule has 3 rings (SSSR count). The number of benzene rings is 1. The summed E-state index contributed by atoms with van der Waals surface area (Å²) >= 11 is 13.2. The second-order valence-electron chi connectivity index (χ2n) is 8.86. The van der Waals surface area contributed by atoms with E-state index in [0.29, 0.717) is 32.9 Å². The van der Waals surface area contributed by atoms with Gasteiger partial charge < -0.3 is 4.52 Å². The average molecular weight is 508 g/mol. The summed E-state index contributed by atoms with van der Waals surface area (Å²) in [6.45, 7) is 11.7. The van der Waals surface area contributed by atoms with E-state index in [4.69, 9.17) is 27.7 Å². The van der Waals surface area contributed by atoms with Crippen molar-refractivity contribution in [1.29, 1.82) is 0 Å². The Kier molecular flexibility index (Phi) is 7.30. The van der Waals surface area contributed by atoms with Gasteiger partial charge in [-0.25, -0.2) is 4.98 Å². The normalized spacial score (nSPS) is 12.7. The molecule has 0 fully saturated rings. The van der Waals surface area contributed by atoms with Gasteiger partial charge in [-0.2, -0.15) is 0 Å². The SMILES string of the molecule is Cc1cc(CS(=O)c2nc3c(C#C[Si](C)(C)C)ccc(Cl)c3c(Cl)c2C(=O)C(C)C)no1. The summed E-state index contributed by atoms with van der Waals surface area (Å²) in [6.07, 6.45) is 0. The van der Waals surface area contributed by atoms with Crippen LogP contribution in [0.3, 0.4) is 0 Å². The largest absolute Gasteiger partial charge is 0.361 e. The van der Waals surface area contributed by atoms with Gasteiger partial charge in [-0.15, -0.1) is 5.54 Å². The van der Waals surface area contributed by atoms with Crippen LogP contribution in [0.2, 0.25) is 29.7 Å². The first-order valence-electron chi connectivity index (χ1n) is 10.1. The van der Waals surface area contributed by atoms with Crippen molar-refractivity contribution >= 4 is 58.8 Å². The first-order chi connectivity index (χ1) is 14.9. The zero-order valence-corrected chi connectivity index (χ0v) is 22.1. The predicted octanol–water partition coefficient (Wildman–Crippen LogP) is 6.21. The van der Waals surface area contributed by atoms with Crippen molar-refractivity contribution in [3.8, 4) is 11.5 Å². The molecule has 0 aliphatic carbocycles. The van der Waals surface area contributed by atoms with E-state index >= 15 is 0 Å². The molecule has 2 heterocycles. The van der Waals surface area contributed by atoms with E-state index < -0.39 is 18.9 Å². The van der Waals surface area contributed by atoms with Crippen LogP contribution in [0.15, 0.2) is 27.7 Å². The Labute approximate surface area is 201 Å². The molecule has 0 saturated carbocycles. The predicted molar refractivity (Wildman–Crippen MR) is 133 cm³/mol. The van der Waals surface area contributed by atoms with Crippen molar-refractivity contribution in [2.24, 2.45) is 5.92 Å². The first-order valence-corrected chi connectivity index (χ1v) is 15.7. The number of hydrogen-bond donors (Lipinski definition) is 0. The maximum atomic E-state index is 13.4. The molecule has 0 bridgehead atoms. The molecule has 32 heavy (non-hydrogen) atoms. The van der Waals surface area contributed by atoms with Gasteiger partial charge in [0.25, 0.3) is 0 Å². The van der Waals surface area contributed by atoms with Crippen LogP contribution in [0, 0.1) is 24.3 Å². The summed E-state index contributed by atoms with van der Waals surface area (Å²) in [7, 11) is -3.36. The van der Waals surface area contributed by atoms with Crippen LogP contribution in [-0.2, 0) is 16.6 Å². The molecule has 0 amide bonds. The Balaban J connectivity index is 2.31. The van der Waals surface area contributed by atoms with Gasteiger partial charge in [-0.05, 0) is 19.1 Å². The third-order valence-electron chi connectivity index (χ3n) is 4.51. The number of aromatic nitrogens is 2. The van der Waals surface area contributed by atoms with Crippen LogP contribution in [-0.4, -0.2) is 28.2 Å². The van der Waals surface area contributed by atoms with Crippen molar-refractivity contribution < 1.29 is 13.5 Å². The number of ketones is 1. The van der Waals surface area contributed by atoms with Crippen LogP contribution < -0.4 is 0 Å². The number of fused-ring (bicyclic) bond motifs is 1. The summed E-state index contributed by atoms with van der Waals surface area (Å²) in [5, 5.41) is 4.97. The Morgan fingerprint density at radius 2 is 1.94 bits per heavy atom. The minimum atomic E-state index is -1.69. The monoisotopic (exact) mass is 506 g/mol. The zero-order chi connectivity index (χ0) is 23.8. The van der Waals surface area contributed by atoms with Crippen molar-refractivity contribution in [2.75, 3.05) is 0 Å². The molecule has 1 atom stereocenters. The topological polar surface area (TPSA) is 73.1 Å². The van der Waals surface area contributed by atoms with Crippen molar-refractivity contribution in [2.45, 2.75) is 51.2 Å². The lowest BCUT2D eigenvalue weighted by molar-refractivity contribution is 0.0936. The second-order valence-corrected chi connectivity index (χ2v) is 15.8. The number of hydrogen-bond acceptors (Lipinski definition) is 5. The van der Waals surface area contributed by atoms with Gasteiger partial charge in [0.2, 0.25) is 0 Å². The minimum absolute atomic E-state index is 0.0427. The highest BCUT2D eigenvalue weighted by Gasteiger charge is 2.27. The van der Waals surface area contributed by atoms with E-state index in [2.05, 4.69) is 41.2 Å². The number of aryl methyl sites for hydroxylation is 1. The van der Waals surface area contributed by atoms with Crippen molar-refractivity contribution in [1.82, 2.24) is 10.1 Å². The van der Waals surface area contributed by atoms with Gasteiger partial charge in [-0.1, -0.05) is 67.8 Å². The Morgan fingerprint density at radius 3 is 2.50 bits per heavy atom. The maximum absolute atomic E-state index is 13.4. The molecule has 1 unspecified atom stereocenters. The number of Topliss-reactive ketones (excluding diaryl/α,β-unsaturated/α-hetero) is 1. The smallest absolute Gasteiger partial charge is 0.169 e. The molecule has 0 N–H and O–H groups in total. The maximum Gasteiger partial charge on any atom is 0.169 e. The number of nitrogens with zero attached hydrogens (tertiary/aromatic N) is 2. The molecule has 0 saturated heterocycles. The molecule has 3 aromatic rings. The number of pyridine rings is 1. The lowest BCUT2D eigenvalue weighted by Gasteiger charge is -2.15. The Morgan fingerprint density at radius 1 is 1.25 bits per heavy atom. The van der Waals surface area contributed by atoms with E-state index in [9.17, 15) is 9.00 Å². The third-order valence-corrected chi connectivity index (χ3v) is 7.36. The van der Waals surface area contributed by atoms with Crippen molar-refractivity contribution in [3.63, 3.8) is 0 Å². The molecule has 0 aliphatic rings. The van der Waals surface area contributed by atoms with E-state index in [1.165, 1.54) is 0 Å². The Bertz CT molecular complexity index is 1300. The standard InChI is InChI=1S/C23H24Cl2N2O3SSi/c1-13(2)22(28)19-20(25)18-17(24)8-7-15(9-10-32(4,5)6)21(18)26-23(19)31(29)12-16-11-14(3)30-27-16/h7-8,11,13H,12H2,1-6H3.